The summed E-state index contributed by atoms with van der Waals surface area (Å²) in [6, 6.07) is 0.360. The quantitative estimate of drug-likeness (QED) is 0.439. The van der Waals surface area contributed by atoms with Gasteiger partial charge in [-0.1, -0.05) is 0 Å². The van der Waals surface area contributed by atoms with Gasteiger partial charge in [-0.15, -0.1) is 12.4 Å². The maximum atomic E-state index is 5.34. The fraction of sp³-hybridized carbons (Fsp3) is 1.00. The van der Waals surface area contributed by atoms with E-state index in [9.17, 15) is 0 Å². The Labute approximate surface area is 67.7 Å². The molecule has 0 bridgehead atoms. The number of hydrogen-bond acceptors (Lipinski definition) is 3. The summed E-state index contributed by atoms with van der Waals surface area (Å²) >= 11 is 0. The first-order valence-corrected chi connectivity index (χ1v) is 3.42. The smallest absolute Gasteiger partial charge is 0.0713 e. The molecule has 0 saturated carbocycles. The Bertz CT molecular complexity index is 91.8. The van der Waals surface area contributed by atoms with E-state index in [0.29, 0.717) is 6.04 Å². The standard InChI is InChI=1S/C6H14N2O.ClH/c1-5-6(8-7)3-2-4-9-5;/h5-6,8H,2-4,7H2,1H3;1H/t5-,6+;/m0./s1. The van der Waals surface area contributed by atoms with E-state index in [4.69, 9.17) is 10.6 Å². The molecule has 1 fully saturated rings. The zero-order valence-electron chi connectivity index (χ0n) is 6.17. The molecule has 1 rings (SSSR count). The zero-order chi connectivity index (χ0) is 6.69. The summed E-state index contributed by atoms with van der Waals surface area (Å²) in [5.74, 6) is 5.26. The third-order valence-corrected chi connectivity index (χ3v) is 1.82. The Kier molecular flexibility index (Phi) is 4.99. The van der Waals surface area contributed by atoms with Crippen LogP contribution in [0.1, 0.15) is 19.8 Å². The molecule has 62 valence electrons. The molecule has 3 nitrogen and oxygen atoms in total. The van der Waals surface area contributed by atoms with Crippen LogP contribution in [-0.2, 0) is 4.74 Å². The average Bonchev–Trinajstić information content (AvgIpc) is 1.89. The van der Waals surface area contributed by atoms with E-state index in [-0.39, 0.29) is 18.5 Å². The number of halogens is 1. The minimum Gasteiger partial charge on any atom is -0.377 e. The molecule has 0 aromatic carbocycles. The molecule has 1 saturated heterocycles. The van der Waals surface area contributed by atoms with Gasteiger partial charge in [-0.25, -0.2) is 0 Å². The number of nitrogens with one attached hydrogen (secondary N) is 1. The summed E-state index contributed by atoms with van der Waals surface area (Å²) in [6.45, 7) is 2.93. The molecule has 0 radical (unpaired) electrons. The van der Waals surface area contributed by atoms with Crippen LogP contribution in [0.25, 0.3) is 0 Å². The molecular formula is C6H15ClN2O. The highest BCUT2D eigenvalue weighted by atomic mass is 35.5. The number of hydrazine groups is 1. The molecular weight excluding hydrogens is 152 g/mol. The van der Waals surface area contributed by atoms with Crippen molar-refractivity contribution < 1.29 is 4.74 Å². The predicted molar refractivity (Wildman–Crippen MR) is 43.0 cm³/mol. The molecule has 1 aliphatic heterocycles. The minimum absolute atomic E-state index is 0. The summed E-state index contributed by atoms with van der Waals surface area (Å²) in [4.78, 5) is 0. The van der Waals surface area contributed by atoms with Crippen LogP contribution in [0.5, 0.6) is 0 Å². The van der Waals surface area contributed by atoms with Crippen LogP contribution >= 0.6 is 12.4 Å². The summed E-state index contributed by atoms with van der Waals surface area (Å²) in [6.07, 6.45) is 2.54. The maximum absolute atomic E-state index is 5.34. The summed E-state index contributed by atoms with van der Waals surface area (Å²) in [5, 5.41) is 0. The molecule has 0 unspecified atom stereocenters. The first kappa shape index (κ1) is 10.2. The molecule has 0 aromatic heterocycles. The SMILES string of the molecule is C[C@@H]1OCCC[C@H]1NN.Cl. The fourth-order valence-electron chi connectivity index (χ4n) is 1.14. The Balaban J connectivity index is 0.000000810. The maximum Gasteiger partial charge on any atom is 0.0713 e. The third-order valence-electron chi connectivity index (χ3n) is 1.82. The lowest BCUT2D eigenvalue weighted by Gasteiger charge is -2.27. The Hall–Kier alpha value is 0.170. The van der Waals surface area contributed by atoms with Gasteiger partial charge in [0, 0.05) is 12.6 Å². The molecule has 0 aromatic rings. The van der Waals surface area contributed by atoms with E-state index in [1.54, 1.807) is 0 Å². The van der Waals surface area contributed by atoms with Gasteiger partial charge in [0.2, 0.25) is 0 Å². The van der Waals surface area contributed by atoms with Crippen LogP contribution < -0.4 is 11.3 Å². The largest absolute Gasteiger partial charge is 0.377 e. The van der Waals surface area contributed by atoms with Crippen LogP contribution in [0.3, 0.4) is 0 Å². The monoisotopic (exact) mass is 166 g/mol. The molecule has 10 heavy (non-hydrogen) atoms. The first-order valence-electron chi connectivity index (χ1n) is 3.42. The molecule has 4 heteroatoms. The van der Waals surface area contributed by atoms with Crippen LogP contribution in [0, 0.1) is 0 Å². The van der Waals surface area contributed by atoms with Gasteiger partial charge in [0.1, 0.15) is 0 Å². The van der Waals surface area contributed by atoms with Crippen molar-refractivity contribution in [3.63, 3.8) is 0 Å². The predicted octanol–water partition coefficient (Wildman–Crippen LogP) is 0.439. The van der Waals surface area contributed by atoms with Gasteiger partial charge >= 0.3 is 0 Å². The van der Waals surface area contributed by atoms with Crippen LogP contribution in [0.2, 0.25) is 0 Å². The van der Waals surface area contributed by atoms with E-state index in [0.717, 1.165) is 19.4 Å². The second-order valence-corrected chi connectivity index (χ2v) is 2.49. The topological polar surface area (TPSA) is 47.3 Å². The van der Waals surface area contributed by atoms with Crippen molar-refractivity contribution in [1.82, 2.24) is 5.43 Å². The van der Waals surface area contributed by atoms with Gasteiger partial charge in [0.15, 0.2) is 0 Å². The van der Waals surface area contributed by atoms with Crippen molar-refractivity contribution in [1.29, 1.82) is 0 Å². The molecule has 2 atom stereocenters. The Morgan fingerprint density at radius 2 is 2.30 bits per heavy atom. The number of hydrogen-bond donors (Lipinski definition) is 2. The summed E-state index contributed by atoms with van der Waals surface area (Å²) in [5.41, 5.74) is 2.73. The minimum atomic E-state index is 0. The lowest BCUT2D eigenvalue weighted by atomic mass is 10.1. The Morgan fingerprint density at radius 3 is 2.70 bits per heavy atom. The van der Waals surface area contributed by atoms with Crippen molar-refractivity contribution in [2.45, 2.75) is 31.9 Å². The van der Waals surface area contributed by atoms with E-state index < -0.39 is 0 Å². The van der Waals surface area contributed by atoms with Crippen molar-refractivity contribution in [3.05, 3.63) is 0 Å². The van der Waals surface area contributed by atoms with Crippen LogP contribution in [-0.4, -0.2) is 18.8 Å². The van der Waals surface area contributed by atoms with Gasteiger partial charge < -0.3 is 4.74 Å². The highest BCUT2D eigenvalue weighted by Gasteiger charge is 2.19. The fourth-order valence-corrected chi connectivity index (χ4v) is 1.14. The molecule has 1 heterocycles. The van der Waals surface area contributed by atoms with Crippen molar-refractivity contribution in [2.24, 2.45) is 5.84 Å². The van der Waals surface area contributed by atoms with Gasteiger partial charge in [-0.05, 0) is 19.8 Å². The number of nitrogens with two attached hydrogens (primary N) is 1. The number of ether oxygens (including phenoxy) is 1. The highest BCUT2D eigenvalue weighted by molar-refractivity contribution is 5.85. The second kappa shape index (κ2) is 4.91. The van der Waals surface area contributed by atoms with E-state index in [1.165, 1.54) is 0 Å². The van der Waals surface area contributed by atoms with E-state index in [1.807, 2.05) is 6.92 Å². The third kappa shape index (κ3) is 2.42. The summed E-state index contributed by atoms with van der Waals surface area (Å²) in [7, 11) is 0. The van der Waals surface area contributed by atoms with Gasteiger partial charge in [-0.3, -0.25) is 11.3 Å². The molecule has 0 aliphatic carbocycles. The van der Waals surface area contributed by atoms with Gasteiger partial charge in [0.25, 0.3) is 0 Å². The number of rotatable bonds is 1. The zero-order valence-corrected chi connectivity index (χ0v) is 6.99. The van der Waals surface area contributed by atoms with Crippen molar-refractivity contribution in [3.8, 4) is 0 Å². The van der Waals surface area contributed by atoms with Gasteiger partial charge in [0.05, 0.1) is 6.10 Å². The van der Waals surface area contributed by atoms with Crippen molar-refractivity contribution in [2.75, 3.05) is 6.61 Å². The molecule has 0 amide bonds. The lowest BCUT2D eigenvalue weighted by molar-refractivity contribution is 0.00302. The lowest BCUT2D eigenvalue weighted by Crippen LogP contribution is -2.46. The van der Waals surface area contributed by atoms with Crippen LogP contribution in [0.4, 0.5) is 0 Å². The molecule has 1 aliphatic rings. The second-order valence-electron chi connectivity index (χ2n) is 2.49. The Morgan fingerprint density at radius 1 is 1.60 bits per heavy atom. The van der Waals surface area contributed by atoms with E-state index >= 15 is 0 Å². The van der Waals surface area contributed by atoms with Gasteiger partial charge in [-0.2, -0.15) is 0 Å². The molecule has 3 N–H and O–H groups in total. The normalized spacial score (nSPS) is 33.0. The summed E-state index contributed by atoms with van der Waals surface area (Å²) < 4.78 is 5.34. The van der Waals surface area contributed by atoms with E-state index in [2.05, 4.69) is 5.43 Å². The average molecular weight is 167 g/mol. The van der Waals surface area contributed by atoms with Crippen molar-refractivity contribution >= 4 is 12.4 Å². The molecule has 0 spiro atoms. The first-order chi connectivity index (χ1) is 4.34. The van der Waals surface area contributed by atoms with Crippen LogP contribution in [0.15, 0.2) is 0 Å². The highest BCUT2D eigenvalue weighted by Crippen LogP contribution is 2.11.